The SMILES string of the molecule is CN.CN.CN.O=CC1c2ccccc2-c2ccccc21. The van der Waals surface area contributed by atoms with Crippen molar-refractivity contribution in [3.63, 3.8) is 0 Å². The van der Waals surface area contributed by atoms with Crippen LogP contribution in [0, 0.1) is 0 Å². The molecule has 1 aliphatic rings. The number of fused-ring (bicyclic) bond motifs is 3. The minimum atomic E-state index is -0.0719. The van der Waals surface area contributed by atoms with Gasteiger partial charge in [-0.3, -0.25) is 0 Å². The van der Waals surface area contributed by atoms with Crippen LogP contribution >= 0.6 is 0 Å². The minimum Gasteiger partial charge on any atom is -0.333 e. The molecule has 4 heteroatoms. The molecular weight excluding hydrogens is 262 g/mol. The predicted molar refractivity (Wildman–Crippen MR) is 90.1 cm³/mol. The third kappa shape index (κ3) is 3.98. The second-order valence-electron chi connectivity index (χ2n) is 3.79. The predicted octanol–water partition coefficient (Wildman–Crippen LogP) is 1.72. The van der Waals surface area contributed by atoms with Gasteiger partial charge in [-0.05, 0) is 43.4 Å². The van der Waals surface area contributed by atoms with Gasteiger partial charge in [0.15, 0.2) is 0 Å². The van der Waals surface area contributed by atoms with Crippen LogP contribution in [0.3, 0.4) is 0 Å². The second-order valence-corrected chi connectivity index (χ2v) is 3.79. The standard InChI is InChI=1S/C14H10O.3CH5N/c15-9-14-12-7-3-1-5-10(12)11-6-2-4-8-13(11)14;3*1-2/h1-9,14H;3*2H2,1H3. The molecule has 0 saturated carbocycles. The van der Waals surface area contributed by atoms with Crippen molar-refractivity contribution in [3.05, 3.63) is 59.7 Å². The molecule has 1 aliphatic carbocycles. The van der Waals surface area contributed by atoms with Crippen LogP contribution in [0.25, 0.3) is 11.1 Å². The van der Waals surface area contributed by atoms with Crippen molar-refractivity contribution in [2.75, 3.05) is 21.1 Å². The van der Waals surface area contributed by atoms with E-state index < -0.39 is 0 Å². The van der Waals surface area contributed by atoms with E-state index in [0.717, 1.165) is 17.4 Å². The molecule has 2 aromatic rings. The highest BCUT2D eigenvalue weighted by atomic mass is 16.1. The summed E-state index contributed by atoms with van der Waals surface area (Å²) in [4.78, 5) is 11.1. The molecule has 0 aliphatic heterocycles. The van der Waals surface area contributed by atoms with Crippen LogP contribution in [0.4, 0.5) is 0 Å². The van der Waals surface area contributed by atoms with Gasteiger partial charge in [0, 0.05) is 0 Å². The molecule has 0 aromatic heterocycles. The Kier molecular flexibility index (Phi) is 9.71. The highest BCUT2D eigenvalue weighted by molar-refractivity contribution is 5.87. The van der Waals surface area contributed by atoms with Crippen LogP contribution in [-0.2, 0) is 4.79 Å². The molecule has 0 radical (unpaired) electrons. The van der Waals surface area contributed by atoms with Crippen molar-refractivity contribution >= 4 is 6.29 Å². The van der Waals surface area contributed by atoms with E-state index >= 15 is 0 Å². The van der Waals surface area contributed by atoms with Gasteiger partial charge < -0.3 is 22.0 Å². The van der Waals surface area contributed by atoms with Gasteiger partial charge in [-0.2, -0.15) is 0 Å². The normalized spacial score (nSPS) is 10.4. The lowest BCUT2D eigenvalue weighted by Gasteiger charge is -2.03. The summed E-state index contributed by atoms with van der Waals surface area (Å²) in [5, 5.41) is 0. The number of hydrogen-bond donors (Lipinski definition) is 3. The van der Waals surface area contributed by atoms with Gasteiger partial charge in [0.2, 0.25) is 0 Å². The Bertz CT molecular complexity index is 496. The zero-order valence-corrected chi connectivity index (χ0v) is 12.9. The largest absolute Gasteiger partial charge is 0.333 e. The molecule has 6 N–H and O–H groups in total. The Hall–Kier alpha value is -2.01. The average Bonchev–Trinajstić information content (AvgIpc) is 2.94. The quantitative estimate of drug-likeness (QED) is 0.696. The van der Waals surface area contributed by atoms with Gasteiger partial charge >= 0.3 is 0 Å². The second kappa shape index (κ2) is 10.7. The molecule has 0 amide bonds. The first-order valence-electron chi connectivity index (χ1n) is 6.78. The van der Waals surface area contributed by atoms with Gasteiger partial charge in [0.05, 0.1) is 5.92 Å². The molecule has 0 unspecified atom stereocenters. The van der Waals surface area contributed by atoms with E-state index in [4.69, 9.17) is 0 Å². The van der Waals surface area contributed by atoms with E-state index in [2.05, 4.69) is 29.3 Å². The lowest BCUT2D eigenvalue weighted by atomic mass is 9.99. The number of carbonyl (C=O) groups is 1. The maximum Gasteiger partial charge on any atom is 0.131 e. The van der Waals surface area contributed by atoms with Gasteiger partial charge in [-0.1, -0.05) is 48.5 Å². The molecule has 4 nitrogen and oxygen atoms in total. The highest BCUT2D eigenvalue weighted by Gasteiger charge is 2.26. The summed E-state index contributed by atoms with van der Waals surface area (Å²) in [6.45, 7) is 0. The maximum atomic E-state index is 11.1. The summed E-state index contributed by atoms with van der Waals surface area (Å²) in [5.41, 5.74) is 18.2. The summed E-state index contributed by atoms with van der Waals surface area (Å²) < 4.78 is 0. The number of hydrogen-bond acceptors (Lipinski definition) is 4. The number of carbonyl (C=O) groups excluding carboxylic acids is 1. The molecule has 21 heavy (non-hydrogen) atoms. The Morgan fingerprint density at radius 1 is 0.714 bits per heavy atom. The zero-order valence-electron chi connectivity index (χ0n) is 12.9. The number of rotatable bonds is 1. The van der Waals surface area contributed by atoms with Gasteiger partial charge in [0.1, 0.15) is 6.29 Å². The summed E-state index contributed by atoms with van der Waals surface area (Å²) in [7, 11) is 4.50. The van der Waals surface area contributed by atoms with Gasteiger partial charge in [-0.15, -0.1) is 0 Å². The fourth-order valence-electron chi connectivity index (χ4n) is 2.34. The molecule has 114 valence electrons. The van der Waals surface area contributed by atoms with Gasteiger partial charge in [-0.25, -0.2) is 0 Å². The summed E-state index contributed by atoms with van der Waals surface area (Å²) in [5.74, 6) is -0.0719. The van der Waals surface area contributed by atoms with Crippen LogP contribution in [-0.4, -0.2) is 27.4 Å². The Labute approximate surface area is 127 Å². The fraction of sp³-hybridized carbons (Fsp3) is 0.235. The summed E-state index contributed by atoms with van der Waals surface area (Å²) in [6.07, 6.45) is 1.03. The Morgan fingerprint density at radius 2 is 1.05 bits per heavy atom. The van der Waals surface area contributed by atoms with E-state index in [1.165, 1.54) is 32.3 Å². The lowest BCUT2D eigenvalue weighted by Crippen LogP contribution is -1.96. The van der Waals surface area contributed by atoms with Crippen molar-refractivity contribution in [2.45, 2.75) is 5.92 Å². The smallest absolute Gasteiger partial charge is 0.131 e. The molecule has 3 rings (SSSR count). The van der Waals surface area contributed by atoms with Crippen molar-refractivity contribution in [3.8, 4) is 11.1 Å². The van der Waals surface area contributed by atoms with Crippen LogP contribution in [0.15, 0.2) is 48.5 Å². The van der Waals surface area contributed by atoms with E-state index in [0.29, 0.717) is 0 Å². The molecular formula is C17H25N3O. The monoisotopic (exact) mass is 287 g/mol. The summed E-state index contributed by atoms with van der Waals surface area (Å²) >= 11 is 0. The topological polar surface area (TPSA) is 95.1 Å². The molecule has 0 bridgehead atoms. The molecule has 0 atom stereocenters. The van der Waals surface area contributed by atoms with Crippen molar-refractivity contribution < 1.29 is 4.79 Å². The maximum absolute atomic E-state index is 11.1. The molecule has 0 spiro atoms. The first-order valence-corrected chi connectivity index (χ1v) is 6.78. The van der Waals surface area contributed by atoms with Crippen molar-refractivity contribution in [1.82, 2.24) is 0 Å². The van der Waals surface area contributed by atoms with E-state index in [-0.39, 0.29) is 5.92 Å². The van der Waals surface area contributed by atoms with Gasteiger partial charge in [0.25, 0.3) is 0 Å². The highest BCUT2D eigenvalue weighted by Crippen LogP contribution is 2.43. The number of benzene rings is 2. The van der Waals surface area contributed by atoms with Crippen LogP contribution < -0.4 is 17.2 Å². The van der Waals surface area contributed by atoms with Crippen molar-refractivity contribution in [1.29, 1.82) is 0 Å². The van der Waals surface area contributed by atoms with Crippen molar-refractivity contribution in [2.24, 2.45) is 17.2 Å². The average molecular weight is 287 g/mol. The number of nitrogens with two attached hydrogens (primary N) is 3. The molecule has 2 aromatic carbocycles. The number of aldehydes is 1. The summed E-state index contributed by atoms with van der Waals surface area (Å²) in [6, 6.07) is 16.2. The molecule has 0 fully saturated rings. The minimum absolute atomic E-state index is 0.0719. The molecule has 0 heterocycles. The van der Waals surface area contributed by atoms with Crippen LogP contribution in [0.5, 0.6) is 0 Å². The third-order valence-corrected chi connectivity index (χ3v) is 3.02. The first kappa shape index (κ1) is 19.0. The molecule has 0 saturated heterocycles. The van der Waals surface area contributed by atoms with E-state index in [1.54, 1.807) is 0 Å². The third-order valence-electron chi connectivity index (χ3n) is 3.02. The first-order chi connectivity index (χ1) is 10.4. The fourth-order valence-corrected chi connectivity index (χ4v) is 2.34. The zero-order chi connectivity index (χ0) is 16.3. The lowest BCUT2D eigenvalue weighted by molar-refractivity contribution is -0.108. The van der Waals surface area contributed by atoms with E-state index in [9.17, 15) is 4.79 Å². The van der Waals surface area contributed by atoms with E-state index in [1.807, 2.05) is 36.4 Å². The van der Waals surface area contributed by atoms with Crippen LogP contribution in [0.2, 0.25) is 0 Å². The Morgan fingerprint density at radius 3 is 1.38 bits per heavy atom. The Balaban J connectivity index is 0.000000598. The van der Waals surface area contributed by atoms with Crippen LogP contribution in [0.1, 0.15) is 17.0 Å².